The van der Waals surface area contributed by atoms with E-state index in [0.29, 0.717) is 18.2 Å². The summed E-state index contributed by atoms with van der Waals surface area (Å²) in [5.41, 5.74) is -0.146. The summed E-state index contributed by atoms with van der Waals surface area (Å²) < 4.78 is 10.7. The predicted molar refractivity (Wildman–Crippen MR) is 58.4 cm³/mol. The Kier molecular flexibility index (Phi) is 2.34. The summed E-state index contributed by atoms with van der Waals surface area (Å²) in [6, 6.07) is 0. The minimum atomic E-state index is -0.314. The highest BCUT2D eigenvalue weighted by Crippen LogP contribution is 2.48. The van der Waals surface area contributed by atoms with Crippen molar-refractivity contribution < 1.29 is 14.3 Å². The first-order chi connectivity index (χ1) is 7.69. The first kappa shape index (κ1) is 10.4. The van der Waals surface area contributed by atoms with E-state index in [4.69, 9.17) is 9.47 Å². The van der Waals surface area contributed by atoms with Gasteiger partial charge in [-0.2, -0.15) is 0 Å². The molecule has 0 unspecified atom stereocenters. The fourth-order valence-electron chi connectivity index (χ4n) is 1.70. The van der Waals surface area contributed by atoms with Crippen LogP contribution in [0.3, 0.4) is 0 Å². The van der Waals surface area contributed by atoms with Crippen molar-refractivity contribution in [2.45, 2.75) is 26.1 Å². The van der Waals surface area contributed by atoms with E-state index in [2.05, 4.69) is 4.98 Å². The van der Waals surface area contributed by atoms with Crippen LogP contribution < -0.4 is 0 Å². The summed E-state index contributed by atoms with van der Waals surface area (Å²) in [4.78, 5) is 17.1. The molecule has 0 aromatic carbocycles. The van der Waals surface area contributed by atoms with Gasteiger partial charge in [0.25, 0.3) is 0 Å². The number of rotatable bonds is 3. The normalized spacial score (nSPS) is 23.6. The maximum Gasteiger partial charge on any atom is 0.197 e. The SMILES string of the molecule is CC1(C(=O)c2ncc(C3OCCO3)s2)CC1. The van der Waals surface area contributed by atoms with Crippen molar-refractivity contribution >= 4 is 17.1 Å². The zero-order chi connectivity index (χ0) is 11.2. The van der Waals surface area contributed by atoms with E-state index in [1.54, 1.807) is 6.20 Å². The number of hydrogen-bond donors (Lipinski definition) is 0. The number of ketones is 1. The largest absolute Gasteiger partial charge is 0.345 e. The van der Waals surface area contributed by atoms with E-state index < -0.39 is 0 Å². The monoisotopic (exact) mass is 239 g/mol. The van der Waals surface area contributed by atoms with E-state index in [1.165, 1.54) is 11.3 Å². The second kappa shape index (κ2) is 3.61. The zero-order valence-electron chi connectivity index (χ0n) is 9.06. The summed E-state index contributed by atoms with van der Waals surface area (Å²) >= 11 is 1.39. The lowest BCUT2D eigenvalue weighted by molar-refractivity contribution is -0.0414. The highest BCUT2D eigenvalue weighted by molar-refractivity contribution is 7.13. The third-order valence-corrected chi connectivity index (χ3v) is 4.14. The predicted octanol–water partition coefficient (Wildman–Crippen LogP) is 2.17. The number of carbonyl (C=O) groups is 1. The molecule has 1 saturated carbocycles. The van der Waals surface area contributed by atoms with Crippen LogP contribution in [0.4, 0.5) is 0 Å². The number of hydrogen-bond acceptors (Lipinski definition) is 5. The van der Waals surface area contributed by atoms with Gasteiger partial charge in [0.2, 0.25) is 0 Å². The Labute approximate surface area is 97.6 Å². The van der Waals surface area contributed by atoms with Crippen LogP contribution in [0.1, 0.15) is 40.7 Å². The molecule has 2 heterocycles. The second-order valence-corrected chi connectivity index (χ2v) is 5.59. The van der Waals surface area contributed by atoms with Gasteiger partial charge in [0.15, 0.2) is 17.1 Å². The van der Waals surface area contributed by atoms with Gasteiger partial charge in [-0.25, -0.2) is 4.98 Å². The van der Waals surface area contributed by atoms with Crippen LogP contribution in [0.5, 0.6) is 0 Å². The van der Waals surface area contributed by atoms with Crippen molar-refractivity contribution in [3.05, 3.63) is 16.1 Å². The van der Waals surface area contributed by atoms with E-state index in [1.807, 2.05) is 6.92 Å². The molecule has 1 aromatic rings. The molecular weight excluding hydrogens is 226 g/mol. The number of aromatic nitrogens is 1. The molecule has 0 spiro atoms. The Morgan fingerprint density at radius 3 is 2.81 bits per heavy atom. The van der Waals surface area contributed by atoms with E-state index in [0.717, 1.165) is 17.7 Å². The molecule has 0 radical (unpaired) electrons. The van der Waals surface area contributed by atoms with Gasteiger partial charge in [0.05, 0.1) is 18.1 Å². The Morgan fingerprint density at radius 1 is 1.50 bits per heavy atom. The number of Topliss-reactive ketones (excluding diaryl/α,β-unsaturated/α-hetero) is 1. The average Bonchev–Trinajstić information content (AvgIpc) is 2.82. The minimum absolute atomic E-state index is 0.146. The standard InChI is InChI=1S/C11H13NO3S/c1-11(2-3-11)8(13)9-12-6-7(16-9)10-14-4-5-15-10/h6,10H,2-5H2,1H3. The van der Waals surface area contributed by atoms with Gasteiger partial charge in [-0.05, 0) is 12.8 Å². The van der Waals surface area contributed by atoms with Gasteiger partial charge in [0.1, 0.15) is 0 Å². The Morgan fingerprint density at radius 2 is 2.19 bits per heavy atom. The molecule has 3 rings (SSSR count). The molecular formula is C11H13NO3S. The van der Waals surface area contributed by atoms with Gasteiger partial charge < -0.3 is 9.47 Å². The molecule has 0 amide bonds. The fourth-order valence-corrected chi connectivity index (χ4v) is 2.70. The van der Waals surface area contributed by atoms with Crippen LogP contribution in [-0.2, 0) is 9.47 Å². The van der Waals surface area contributed by atoms with Gasteiger partial charge in [-0.1, -0.05) is 6.92 Å². The van der Waals surface area contributed by atoms with Crippen LogP contribution in [0.25, 0.3) is 0 Å². The molecule has 1 aliphatic carbocycles. The van der Waals surface area contributed by atoms with Gasteiger partial charge in [-0.3, -0.25) is 4.79 Å². The van der Waals surface area contributed by atoms with Crippen molar-refractivity contribution in [2.75, 3.05) is 13.2 Å². The van der Waals surface area contributed by atoms with Crippen molar-refractivity contribution in [3.63, 3.8) is 0 Å². The Balaban J connectivity index is 1.79. The average molecular weight is 239 g/mol. The first-order valence-electron chi connectivity index (χ1n) is 5.43. The summed E-state index contributed by atoms with van der Waals surface area (Å²) in [5, 5.41) is 0.592. The molecule has 16 heavy (non-hydrogen) atoms. The third-order valence-electron chi connectivity index (χ3n) is 3.12. The van der Waals surface area contributed by atoms with Crippen LogP contribution in [0.15, 0.2) is 6.20 Å². The summed E-state index contributed by atoms with van der Waals surface area (Å²) in [6.07, 6.45) is 3.35. The van der Waals surface area contributed by atoms with Crippen molar-refractivity contribution in [1.82, 2.24) is 4.98 Å². The maximum absolute atomic E-state index is 12.0. The third kappa shape index (κ3) is 1.69. The molecule has 2 fully saturated rings. The molecule has 1 aliphatic heterocycles. The van der Waals surface area contributed by atoms with Crippen LogP contribution in [-0.4, -0.2) is 24.0 Å². The fraction of sp³-hybridized carbons (Fsp3) is 0.636. The molecule has 0 bridgehead atoms. The summed E-state index contributed by atoms with van der Waals surface area (Å²) in [5.74, 6) is 0.168. The number of carbonyl (C=O) groups excluding carboxylic acids is 1. The topological polar surface area (TPSA) is 48.4 Å². The van der Waals surface area contributed by atoms with Crippen molar-refractivity contribution in [1.29, 1.82) is 0 Å². The molecule has 86 valence electrons. The highest BCUT2D eigenvalue weighted by atomic mass is 32.1. The number of thiazole rings is 1. The molecule has 1 aromatic heterocycles. The lowest BCUT2D eigenvalue weighted by atomic mass is 10.1. The van der Waals surface area contributed by atoms with Gasteiger partial charge in [-0.15, -0.1) is 11.3 Å². The zero-order valence-corrected chi connectivity index (χ0v) is 9.88. The number of nitrogens with zero attached hydrogens (tertiary/aromatic N) is 1. The smallest absolute Gasteiger partial charge is 0.197 e. The number of ether oxygens (including phenoxy) is 2. The van der Waals surface area contributed by atoms with E-state index in [9.17, 15) is 4.79 Å². The maximum atomic E-state index is 12.0. The first-order valence-corrected chi connectivity index (χ1v) is 6.24. The molecule has 5 heteroatoms. The molecule has 0 atom stereocenters. The van der Waals surface area contributed by atoms with Crippen LogP contribution in [0.2, 0.25) is 0 Å². The van der Waals surface area contributed by atoms with Gasteiger partial charge in [0, 0.05) is 11.6 Å². The van der Waals surface area contributed by atoms with Crippen LogP contribution >= 0.6 is 11.3 Å². The second-order valence-electron chi connectivity index (χ2n) is 4.53. The Hall–Kier alpha value is -0.780. The quantitative estimate of drug-likeness (QED) is 0.758. The highest BCUT2D eigenvalue weighted by Gasteiger charge is 2.46. The minimum Gasteiger partial charge on any atom is -0.345 e. The molecule has 0 N–H and O–H groups in total. The van der Waals surface area contributed by atoms with E-state index in [-0.39, 0.29) is 17.5 Å². The molecule has 1 saturated heterocycles. The van der Waals surface area contributed by atoms with Crippen molar-refractivity contribution in [3.8, 4) is 0 Å². The molecule has 2 aliphatic rings. The lowest BCUT2D eigenvalue weighted by Crippen LogP contribution is -2.11. The summed E-state index contributed by atoms with van der Waals surface area (Å²) in [7, 11) is 0. The molecule has 4 nitrogen and oxygen atoms in total. The van der Waals surface area contributed by atoms with E-state index >= 15 is 0 Å². The summed E-state index contributed by atoms with van der Waals surface area (Å²) in [6.45, 7) is 3.23. The Bertz CT molecular complexity index is 419. The lowest BCUT2D eigenvalue weighted by Gasteiger charge is -2.04. The van der Waals surface area contributed by atoms with Gasteiger partial charge >= 0.3 is 0 Å². The van der Waals surface area contributed by atoms with Crippen LogP contribution in [0, 0.1) is 5.41 Å². The van der Waals surface area contributed by atoms with Crippen molar-refractivity contribution in [2.24, 2.45) is 5.41 Å².